The van der Waals surface area contributed by atoms with Crippen molar-refractivity contribution < 1.29 is 28.8 Å². The van der Waals surface area contributed by atoms with E-state index >= 15 is 0 Å². The molecule has 2 aliphatic rings. The highest BCUT2D eigenvalue weighted by Crippen LogP contribution is 2.40. The minimum Gasteiger partial charge on any atom is -0.312 e. The van der Waals surface area contributed by atoms with Crippen LogP contribution in [0.1, 0.15) is 27.7 Å². The Balaban J connectivity index is 2.80. The molecule has 0 radical (unpaired) electrons. The fraction of sp³-hybridized carbons (Fsp3) is 0.500. The topological polar surface area (TPSA) is 124 Å². The number of rotatable bonds is 1. The average molecular weight is 310 g/mol. The van der Waals surface area contributed by atoms with Gasteiger partial charge >= 0.3 is 12.1 Å². The first kappa shape index (κ1) is 15.6. The Bertz CT molecular complexity index is 644. The smallest absolute Gasteiger partial charge is 0.312 e. The summed E-state index contributed by atoms with van der Waals surface area (Å²) in [6, 6.07) is -2.02. The Kier molecular flexibility index (Phi) is 3.27. The summed E-state index contributed by atoms with van der Waals surface area (Å²) in [6.07, 6.45) is -1.45. The zero-order valence-corrected chi connectivity index (χ0v) is 12.4. The van der Waals surface area contributed by atoms with E-state index in [4.69, 9.17) is 0 Å². The molecule has 0 aromatic carbocycles. The van der Waals surface area contributed by atoms with Gasteiger partial charge in [0.2, 0.25) is 23.4 Å². The maximum Gasteiger partial charge on any atom is 0.337 e. The molecule has 0 saturated carbocycles. The maximum atomic E-state index is 12.4. The van der Waals surface area contributed by atoms with Crippen LogP contribution in [0.3, 0.4) is 0 Å². The Morgan fingerprint density at radius 2 is 1.41 bits per heavy atom. The monoisotopic (exact) mass is 310 g/mol. The van der Waals surface area contributed by atoms with Gasteiger partial charge in [0.05, 0.1) is 0 Å². The van der Waals surface area contributed by atoms with Crippen LogP contribution in [0.2, 0.25) is 0 Å². The molecule has 2 heterocycles. The number of hydrogen-bond donors (Lipinski definition) is 1. The predicted octanol–water partition coefficient (Wildman–Crippen LogP) is -1.000. The number of imide groups is 3. The van der Waals surface area contributed by atoms with Gasteiger partial charge in [0.25, 0.3) is 0 Å². The van der Waals surface area contributed by atoms with Gasteiger partial charge in [-0.05, 0) is 6.92 Å². The number of carbonyl (C=O) groups excluding carboxylic acids is 6. The number of fused-ring (bicyclic) bond motifs is 1. The number of amides is 7. The molecule has 0 spiro atoms. The average Bonchev–Trinajstić information content (AvgIpc) is 2.75. The minimum absolute atomic E-state index is 0.473. The lowest BCUT2D eigenvalue weighted by Gasteiger charge is -2.36. The van der Waals surface area contributed by atoms with E-state index in [2.05, 4.69) is 5.32 Å². The molecular formula is C12H14N4O6. The predicted molar refractivity (Wildman–Crippen MR) is 68.7 cm³/mol. The molecule has 2 fully saturated rings. The third-order valence-corrected chi connectivity index (χ3v) is 3.67. The van der Waals surface area contributed by atoms with Crippen molar-refractivity contribution in [1.29, 1.82) is 0 Å². The highest BCUT2D eigenvalue weighted by molar-refractivity contribution is 6.15. The molecule has 22 heavy (non-hydrogen) atoms. The summed E-state index contributed by atoms with van der Waals surface area (Å²) < 4.78 is 0. The van der Waals surface area contributed by atoms with Crippen molar-refractivity contribution >= 4 is 35.6 Å². The zero-order chi connectivity index (χ0) is 17.0. The molecule has 1 N–H and O–H groups in total. The van der Waals surface area contributed by atoms with E-state index in [-0.39, 0.29) is 0 Å². The van der Waals surface area contributed by atoms with Crippen molar-refractivity contribution in [2.75, 3.05) is 0 Å². The number of Topliss-reactive ketones (excluding diaryl/α,β-unsaturated/α-hetero) is 1. The van der Waals surface area contributed by atoms with Crippen molar-refractivity contribution in [3.8, 4) is 0 Å². The Labute approximate surface area is 125 Å². The van der Waals surface area contributed by atoms with E-state index in [1.807, 2.05) is 0 Å². The van der Waals surface area contributed by atoms with Gasteiger partial charge < -0.3 is 5.32 Å². The normalized spacial score (nSPS) is 26.9. The standard InChI is InChI=1S/C12H14N4O6/c1-5(17)12-9(13-10(21)15(12)7(3)19)14(6(2)18)11(22)16(12)8(4)20/h9H,1-4H3,(H,13,21). The van der Waals surface area contributed by atoms with Gasteiger partial charge in [-0.2, -0.15) is 0 Å². The second-order valence-corrected chi connectivity index (χ2v) is 5.01. The number of nitrogens with zero attached hydrogens (tertiary/aromatic N) is 3. The lowest BCUT2D eigenvalue weighted by atomic mass is 10.0. The van der Waals surface area contributed by atoms with Gasteiger partial charge in [0.15, 0.2) is 11.9 Å². The van der Waals surface area contributed by atoms with Crippen molar-refractivity contribution in [2.45, 2.75) is 39.5 Å². The molecule has 10 nitrogen and oxygen atoms in total. The summed E-state index contributed by atoms with van der Waals surface area (Å²) in [5.74, 6) is -3.26. The third-order valence-electron chi connectivity index (χ3n) is 3.67. The minimum atomic E-state index is -2.20. The van der Waals surface area contributed by atoms with Crippen molar-refractivity contribution in [3.05, 3.63) is 0 Å². The number of nitrogens with one attached hydrogen (secondary N) is 1. The van der Waals surface area contributed by atoms with Crippen LogP contribution in [0.25, 0.3) is 0 Å². The molecule has 118 valence electrons. The van der Waals surface area contributed by atoms with Gasteiger partial charge in [0, 0.05) is 20.8 Å². The highest BCUT2D eigenvalue weighted by Gasteiger charge is 2.72. The Hall–Kier alpha value is -2.78. The Morgan fingerprint density at radius 3 is 1.77 bits per heavy atom. The molecule has 10 heteroatoms. The lowest BCUT2D eigenvalue weighted by molar-refractivity contribution is -0.153. The summed E-state index contributed by atoms with van der Waals surface area (Å²) >= 11 is 0. The summed E-state index contributed by atoms with van der Waals surface area (Å²) in [5, 5.41) is 2.25. The largest absolute Gasteiger partial charge is 0.337 e. The van der Waals surface area contributed by atoms with Gasteiger partial charge in [0.1, 0.15) is 0 Å². The molecule has 0 bridgehead atoms. The number of carbonyl (C=O) groups is 6. The first-order valence-electron chi connectivity index (χ1n) is 6.35. The first-order valence-corrected chi connectivity index (χ1v) is 6.35. The van der Waals surface area contributed by atoms with E-state index in [1.54, 1.807) is 0 Å². The molecule has 2 atom stereocenters. The van der Waals surface area contributed by atoms with Crippen LogP contribution >= 0.6 is 0 Å². The molecule has 2 aliphatic heterocycles. The second-order valence-electron chi connectivity index (χ2n) is 5.01. The highest BCUT2D eigenvalue weighted by atomic mass is 16.2. The SMILES string of the molecule is CC(=O)N1C(=O)N(C(C)=O)C2(C(C)=O)C1NC(=O)N2C(C)=O. The summed E-state index contributed by atoms with van der Waals surface area (Å²) in [5.41, 5.74) is -2.20. The van der Waals surface area contributed by atoms with E-state index in [1.165, 1.54) is 0 Å². The van der Waals surface area contributed by atoms with Crippen LogP contribution in [0.15, 0.2) is 0 Å². The van der Waals surface area contributed by atoms with Crippen molar-refractivity contribution in [3.63, 3.8) is 0 Å². The van der Waals surface area contributed by atoms with Crippen molar-refractivity contribution in [1.82, 2.24) is 20.0 Å². The maximum absolute atomic E-state index is 12.4. The zero-order valence-electron chi connectivity index (χ0n) is 12.4. The molecule has 0 aliphatic carbocycles. The fourth-order valence-corrected chi connectivity index (χ4v) is 2.97. The molecular weight excluding hydrogens is 296 g/mol. The van der Waals surface area contributed by atoms with Crippen LogP contribution in [-0.4, -0.2) is 62.1 Å². The number of hydrogen-bond acceptors (Lipinski definition) is 6. The lowest BCUT2D eigenvalue weighted by Crippen LogP contribution is -2.66. The Morgan fingerprint density at radius 1 is 0.909 bits per heavy atom. The molecule has 2 unspecified atom stereocenters. The van der Waals surface area contributed by atoms with E-state index in [9.17, 15) is 28.8 Å². The van der Waals surface area contributed by atoms with Crippen molar-refractivity contribution in [2.24, 2.45) is 0 Å². The van der Waals surface area contributed by atoms with Gasteiger partial charge in [-0.15, -0.1) is 0 Å². The summed E-state index contributed by atoms with van der Waals surface area (Å²) in [7, 11) is 0. The van der Waals surface area contributed by atoms with Crippen LogP contribution in [0.4, 0.5) is 9.59 Å². The second kappa shape index (κ2) is 4.61. The van der Waals surface area contributed by atoms with Gasteiger partial charge in [-0.1, -0.05) is 0 Å². The fourth-order valence-electron chi connectivity index (χ4n) is 2.97. The van der Waals surface area contributed by atoms with Gasteiger partial charge in [-0.25, -0.2) is 24.3 Å². The summed E-state index contributed by atoms with van der Waals surface area (Å²) in [6.45, 7) is 4.11. The number of urea groups is 2. The molecule has 7 amide bonds. The van der Waals surface area contributed by atoms with Gasteiger partial charge in [-0.3, -0.25) is 19.2 Å². The molecule has 2 saturated heterocycles. The molecule has 0 aromatic heterocycles. The number of ketones is 1. The third kappa shape index (κ3) is 1.60. The van der Waals surface area contributed by atoms with E-state index in [0.29, 0.717) is 14.7 Å². The first-order chi connectivity index (χ1) is 10.1. The van der Waals surface area contributed by atoms with E-state index in [0.717, 1.165) is 27.7 Å². The van der Waals surface area contributed by atoms with E-state index < -0.39 is 47.4 Å². The van der Waals surface area contributed by atoms with Crippen LogP contribution < -0.4 is 5.32 Å². The summed E-state index contributed by atoms with van der Waals surface area (Å²) in [4.78, 5) is 73.6. The van der Waals surface area contributed by atoms with Crippen LogP contribution in [0.5, 0.6) is 0 Å². The molecule has 2 rings (SSSR count). The quantitative estimate of drug-likeness (QED) is 0.662. The molecule has 0 aromatic rings. The van der Waals surface area contributed by atoms with Crippen LogP contribution in [-0.2, 0) is 19.2 Å². The van der Waals surface area contributed by atoms with Crippen LogP contribution in [0, 0.1) is 0 Å².